The summed E-state index contributed by atoms with van der Waals surface area (Å²) in [6.07, 6.45) is 3.20. The lowest BCUT2D eigenvalue weighted by molar-refractivity contribution is -0.453. The molecule has 0 spiro atoms. The molecule has 0 aromatic rings. The monoisotopic (exact) mass is 198 g/mol. The lowest BCUT2D eigenvalue weighted by Gasteiger charge is -2.35. The van der Waals surface area contributed by atoms with Gasteiger partial charge in [0.15, 0.2) is 6.29 Å². The zero-order valence-corrected chi connectivity index (χ0v) is 8.86. The van der Waals surface area contributed by atoms with Gasteiger partial charge >= 0.3 is 0 Å². The predicted octanol–water partition coefficient (Wildman–Crippen LogP) is 2.42. The van der Waals surface area contributed by atoms with Crippen molar-refractivity contribution in [2.75, 3.05) is 0 Å². The summed E-state index contributed by atoms with van der Waals surface area (Å²) in [5, 5.41) is 0. The van der Waals surface area contributed by atoms with E-state index in [1.165, 1.54) is 12.8 Å². The van der Waals surface area contributed by atoms with Gasteiger partial charge in [-0.2, -0.15) is 0 Å². The summed E-state index contributed by atoms with van der Waals surface area (Å²) in [5.41, 5.74) is 0.983. The Balaban J connectivity index is 2.00. The summed E-state index contributed by atoms with van der Waals surface area (Å²) >= 11 is 0. The van der Waals surface area contributed by atoms with Crippen molar-refractivity contribution in [2.45, 2.75) is 51.6 Å². The second-order valence-corrected chi connectivity index (χ2v) is 4.24. The van der Waals surface area contributed by atoms with Crippen molar-refractivity contribution >= 4 is 0 Å². The van der Waals surface area contributed by atoms with E-state index < -0.39 is 0 Å². The largest absolute Gasteiger partial charge is 0.343 e. The maximum atomic E-state index is 5.83. The Labute approximate surface area is 85.0 Å². The van der Waals surface area contributed by atoms with Crippen LogP contribution in [0.25, 0.3) is 0 Å². The summed E-state index contributed by atoms with van der Waals surface area (Å²) < 4.78 is 5.83. The molecule has 1 aliphatic carbocycles. The molecule has 3 atom stereocenters. The van der Waals surface area contributed by atoms with E-state index in [9.17, 15) is 0 Å². The minimum absolute atomic E-state index is 0.0784. The van der Waals surface area contributed by atoms with Gasteiger partial charge in [0.2, 0.25) is 0 Å². The number of hydrogen-bond acceptors (Lipinski definition) is 3. The van der Waals surface area contributed by atoms with Crippen LogP contribution in [-0.2, 0) is 14.5 Å². The van der Waals surface area contributed by atoms with Crippen molar-refractivity contribution in [2.24, 2.45) is 5.92 Å². The molecule has 1 heterocycles. The van der Waals surface area contributed by atoms with Crippen LogP contribution in [-0.4, -0.2) is 18.5 Å². The van der Waals surface area contributed by atoms with Crippen LogP contribution in [0.5, 0.6) is 0 Å². The van der Waals surface area contributed by atoms with Crippen LogP contribution in [0.1, 0.15) is 33.1 Å². The number of hydrogen-bond donors (Lipinski definition) is 0. The Morgan fingerprint density at radius 1 is 1.36 bits per heavy atom. The van der Waals surface area contributed by atoms with Crippen LogP contribution in [0.4, 0.5) is 0 Å². The molecule has 14 heavy (non-hydrogen) atoms. The van der Waals surface area contributed by atoms with Crippen LogP contribution < -0.4 is 0 Å². The molecule has 0 bridgehead atoms. The van der Waals surface area contributed by atoms with Crippen LogP contribution in [0, 0.1) is 5.92 Å². The van der Waals surface area contributed by atoms with Gasteiger partial charge in [-0.05, 0) is 37.7 Å². The van der Waals surface area contributed by atoms with Crippen molar-refractivity contribution in [3.63, 3.8) is 0 Å². The first-order valence-corrected chi connectivity index (χ1v) is 5.35. The van der Waals surface area contributed by atoms with Gasteiger partial charge in [-0.3, -0.25) is 0 Å². The van der Waals surface area contributed by atoms with Crippen molar-refractivity contribution in [3.8, 4) is 0 Å². The Hall–Kier alpha value is -0.380. The van der Waals surface area contributed by atoms with E-state index in [2.05, 4.69) is 6.58 Å². The van der Waals surface area contributed by atoms with Crippen molar-refractivity contribution in [1.82, 2.24) is 0 Å². The van der Waals surface area contributed by atoms with Crippen molar-refractivity contribution in [1.29, 1.82) is 0 Å². The Kier molecular flexibility index (Phi) is 2.91. The fourth-order valence-corrected chi connectivity index (χ4v) is 1.76. The van der Waals surface area contributed by atoms with Crippen LogP contribution in [0.2, 0.25) is 0 Å². The maximum Gasteiger partial charge on any atom is 0.191 e. The van der Waals surface area contributed by atoms with Gasteiger partial charge in [0.1, 0.15) is 6.10 Å². The summed E-state index contributed by atoms with van der Waals surface area (Å²) in [5.74, 6) is 0.648. The highest BCUT2D eigenvalue weighted by Gasteiger charge is 2.43. The molecule has 80 valence electrons. The molecule has 3 heteroatoms. The molecule has 0 amide bonds. The summed E-state index contributed by atoms with van der Waals surface area (Å²) in [4.78, 5) is 10.5. The second-order valence-electron chi connectivity index (χ2n) is 4.24. The first-order valence-electron chi connectivity index (χ1n) is 5.35. The zero-order valence-electron chi connectivity index (χ0n) is 8.86. The van der Waals surface area contributed by atoms with Gasteiger partial charge in [0, 0.05) is 0 Å². The van der Waals surface area contributed by atoms with Crippen molar-refractivity contribution < 1.29 is 14.5 Å². The molecule has 0 N–H and O–H groups in total. The second kappa shape index (κ2) is 4.01. The van der Waals surface area contributed by atoms with E-state index in [1.54, 1.807) is 0 Å². The zero-order chi connectivity index (χ0) is 10.1. The highest BCUT2D eigenvalue weighted by atomic mass is 17.2. The molecule has 1 aliphatic heterocycles. The molecular formula is C11H18O3. The normalized spacial score (nSPS) is 38.3. The quantitative estimate of drug-likeness (QED) is 0.515. The van der Waals surface area contributed by atoms with E-state index in [0.717, 1.165) is 12.0 Å². The van der Waals surface area contributed by atoms with Gasteiger partial charge in [-0.1, -0.05) is 13.5 Å². The summed E-state index contributed by atoms with van der Waals surface area (Å²) in [7, 11) is 0. The molecule has 2 rings (SSSR count). The van der Waals surface area contributed by atoms with Gasteiger partial charge in [-0.15, -0.1) is 0 Å². The smallest absolute Gasteiger partial charge is 0.191 e. The molecule has 2 fully saturated rings. The fraction of sp³-hybridized carbons (Fsp3) is 0.818. The molecule has 0 aromatic heterocycles. The molecule has 1 saturated heterocycles. The first kappa shape index (κ1) is 10.1. The van der Waals surface area contributed by atoms with E-state index in [-0.39, 0.29) is 18.5 Å². The maximum absolute atomic E-state index is 5.83. The van der Waals surface area contributed by atoms with Crippen LogP contribution in [0.3, 0.4) is 0 Å². The average molecular weight is 198 g/mol. The van der Waals surface area contributed by atoms with Gasteiger partial charge < -0.3 is 4.74 Å². The third-order valence-corrected chi connectivity index (χ3v) is 2.78. The first-order chi connectivity index (χ1) is 6.72. The average Bonchev–Trinajstić information content (AvgIpc) is 3.00. The van der Waals surface area contributed by atoms with Gasteiger partial charge in [0.25, 0.3) is 0 Å². The molecular weight excluding hydrogens is 180 g/mol. The Morgan fingerprint density at radius 3 is 2.57 bits per heavy atom. The highest BCUT2D eigenvalue weighted by molar-refractivity contribution is 5.05. The third kappa shape index (κ3) is 2.00. The van der Waals surface area contributed by atoms with E-state index in [0.29, 0.717) is 5.92 Å². The molecule has 0 aromatic carbocycles. The SMILES string of the molecule is C=C(C)[C@@H]1OO[C@@H](CC)O[C@H]1C1CC1. The number of rotatable bonds is 3. The minimum atomic E-state index is -0.198. The Bertz CT molecular complexity index is 223. The molecule has 0 radical (unpaired) electrons. The van der Waals surface area contributed by atoms with Crippen molar-refractivity contribution in [3.05, 3.63) is 12.2 Å². The number of ether oxygens (including phenoxy) is 1. The molecule has 3 nitrogen and oxygen atoms in total. The summed E-state index contributed by atoms with van der Waals surface area (Å²) in [6, 6.07) is 0. The topological polar surface area (TPSA) is 27.7 Å². The van der Waals surface area contributed by atoms with Gasteiger partial charge in [0.05, 0.1) is 6.10 Å². The molecule has 0 unspecified atom stereocenters. The third-order valence-electron chi connectivity index (χ3n) is 2.78. The minimum Gasteiger partial charge on any atom is -0.343 e. The molecule has 2 aliphatic rings. The lowest BCUT2D eigenvalue weighted by atomic mass is 10.0. The lowest BCUT2D eigenvalue weighted by Crippen LogP contribution is -2.43. The predicted molar refractivity (Wildman–Crippen MR) is 52.4 cm³/mol. The van der Waals surface area contributed by atoms with Gasteiger partial charge in [-0.25, -0.2) is 9.78 Å². The van der Waals surface area contributed by atoms with E-state index in [1.807, 2.05) is 13.8 Å². The molecule has 1 saturated carbocycles. The fourth-order valence-electron chi connectivity index (χ4n) is 1.76. The Morgan fingerprint density at radius 2 is 2.07 bits per heavy atom. The van der Waals surface area contributed by atoms with Crippen LogP contribution >= 0.6 is 0 Å². The highest BCUT2D eigenvalue weighted by Crippen LogP contribution is 2.40. The standard InChI is InChI=1S/C11H18O3/c1-4-9-12-11(8-5-6-8)10(7(2)3)14-13-9/h8-11H,2,4-6H2,1,3H3/t9-,10-,11-/m0/s1. The summed E-state index contributed by atoms with van der Waals surface area (Å²) in [6.45, 7) is 7.89. The van der Waals surface area contributed by atoms with Crippen LogP contribution in [0.15, 0.2) is 12.2 Å². The van der Waals surface area contributed by atoms with E-state index in [4.69, 9.17) is 14.5 Å². The van der Waals surface area contributed by atoms with E-state index >= 15 is 0 Å².